The van der Waals surface area contributed by atoms with E-state index in [1.807, 2.05) is 24.3 Å². The lowest BCUT2D eigenvalue weighted by atomic mass is 10.1. The number of benzene rings is 1. The molecule has 5 heteroatoms. The Labute approximate surface area is 124 Å². The van der Waals surface area contributed by atoms with E-state index in [0.29, 0.717) is 13.2 Å². The minimum Gasteiger partial charge on any atom is -0.382 e. The monoisotopic (exact) mass is 294 g/mol. The molecular weight excluding hydrogens is 276 g/mol. The van der Waals surface area contributed by atoms with Gasteiger partial charge in [0.25, 0.3) is 0 Å². The van der Waals surface area contributed by atoms with Gasteiger partial charge in [-0.25, -0.2) is 0 Å². The van der Waals surface area contributed by atoms with Crippen molar-refractivity contribution in [3.05, 3.63) is 41.0 Å². The molecule has 0 spiro atoms. The molecule has 0 aliphatic heterocycles. The van der Waals surface area contributed by atoms with Gasteiger partial charge in [-0.1, -0.05) is 17.7 Å². The van der Waals surface area contributed by atoms with Crippen molar-refractivity contribution in [2.75, 3.05) is 27.4 Å². The molecule has 0 saturated heterocycles. The summed E-state index contributed by atoms with van der Waals surface area (Å²) >= 11 is 6.18. The molecule has 1 atom stereocenters. The number of halogens is 1. The summed E-state index contributed by atoms with van der Waals surface area (Å²) in [5.41, 5.74) is 2.06. The Hall–Kier alpha value is -1.20. The summed E-state index contributed by atoms with van der Waals surface area (Å²) in [6, 6.07) is 7.79. The molecule has 108 valence electrons. The predicted octanol–water partition coefficient (Wildman–Crippen LogP) is 2.64. The van der Waals surface area contributed by atoms with E-state index in [1.165, 1.54) is 0 Å². The van der Waals surface area contributed by atoms with Crippen molar-refractivity contribution >= 4 is 22.5 Å². The molecule has 4 nitrogen and oxygen atoms in total. The highest BCUT2D eigenvalue weighted by Gasteiger charge is 2.08. The number of methoxy groups -OCH3 is 2. The quantitative estimate of drug-likeness (QED) is 0.852. The number of ether oxygens (including phenoxy) is 2. The zero-order chi connectivity index (χ0) is 14.4. The van der Waals surface area contributed by atoms with Gasteiger partial charge in [0.05, 0.1) is 18.2 Å². The largest absolute Gasteiger partial charge is 0.382 e. The first-order valence-corrected chi connectivity index (χ1v) is 6.88. The fourth-order valence-corrected chi connectivity index (χ4v) is 2.32. The minimum absolute atomic E-state index is 0.0477. The summed E-state index contributed by atoms with van der Waals surface area (Å²) in [6.07, 6.45) is 1.83. The summed E-state index contributed by atoms with van der Waals surface area (Å²) < 4.78 is 10.4. The molecule has 2 rings (SSSR count). The number of aromatic nitrogens is 1. The maximum atomic E-state index is 6.18. The topological polar surface area (TPSA) is 43.4 Å². The Kier molecular flexibility index (Phi) is 5.73. The standard InChI is InChI=1S/C15H19ClN2O2/c1-19-10-12(20-2)9-17-8-11-5-6-14(16)13-4-3-7-18-15(11)13/h3-7,12,17H,8-10H2,1-2H3. The van der Waals surface area contributed by atoms with Crippen LogP contribution >= 0.6 is 11.6 Å². The highest BCUT2D eigenvalue weighted by atomic mass is 35.5. The third-order valence-electron chi connectivity index (χ3n) is 3.17. The fourth-order valence-electron chi connectivity index (χ4n) is 2.10. The fraction of sp³-hybridized carbons (Fsp3) is 0.400. The minimum atomic E-state index is 0.0477. The van der Waals surface area contributed by atoms with Crippen molar-refractivity contribution < 1.29 is 9.47 Å². The van der Waals surface area contributed by atoms with Crippen molar-refractivity contribution in [3.63, 3.8) is 0 Å². The van der Waals surface area contributed by atoms with Crippen molar-refractivity contribution in [2.45, 2.75) is 12.6 Å². The van der Waals surface area contributed by atoms with Gasteiger partial charge in [0.2, 0.25) is 0 Å². The van der Waals surface area contributed by atoms with E-state index in [4.69, 9.17) is 21.1 Å². The van der Waals surface area contributed by atoms with Gasteiger partial charge in [-0.2, -0.15) is 0 Å². The first-order chi connectivity index (χ1) is 9.76. The van der Waals surface area contributed by atoms with Crippen LogP contribution in [-0.2, 0) is 16.0 Å². The SMILES string of the molecule is COCC(CNCc1ccc(Cl)c2cccnc12)OC. The smallest absolute Gasteiger partial charge is 0.0928 e. The van der Waals surface area contributed by atoms with Crippen LogP contribution in [0.2, 0.25) is 5.02 Å². The summed E-state index contributed by atoms with van der Waals surface area (Å²) in [6.45, 7) is 2.01. The van der Waals surface area contributed by atoms with Crippen molar-refractivity contribution in [2.24, 2.45) is 0 Å². The van der Waals surface area contributed by atoms with Crippen molar-refractivity contribution in [1.29, 1.82) is 0 Å². The molecule has 0 saturated carbocycles. The van der Waals surface area contributed by atoms with Gasteiger partial charge < -0.3 is 14.8 Å². The Morgan fingerprint density at radius 2 is 2.15 bits per heavy atom. The normalized spacial score (nSPS) is 12.8. The van der Waals surface area contributed by atoms with Gasteiger partial charge in [-0.05, 0) is 23.8 Å². The third kappa shape index (κ3) is 3.67. The number of nitrogens with one attached hydrogen (secondary N) is 1. The molecule has 0 fully saturated rings. The van der Waals surface area contributed by atoms with Crippen molar-refractivity contribution in [1.82, 2.24) is 10.3 Å². The van der Waals surface area contributed by atoms with Gasteiger partial charge in [-0.15, -0.1) is 0 Å². The number of nitrogens with zero attached hydrogens (tertiary/aromatic N) is 1. The van der Waals surface area contributed by atoms with Crippen LogP contribution in [0.1, 0.15) is 5.56 Å². The van der Waals surface area contributed by atoms with Gasteiger partial charge in [0.15, 0.2) is 0 Å². The average molecular weight is 295 g/mol. The van der Waals surface area contributed by atoms with Crippen LogP contribution in [0.5, 0.6) is 0 Å². The van der Waals surface area contributed by atoms with Crippen LogP contribution in [0.4, 0.5) is 0 Å². The lowest BCUT2D eigenvalue weighted by Gasteiger charge is -2.15. The maximum Gasteiger partial charge on any atom is 0.0928 e. The number of rotatable bonds is 7. The Morgan fingerprint density at radius 1 is 1.30 bits per heavy atom. The van der Waals surface area contributed by atoms with Crippen LogP contribution in [0.15, 0.2) is 30.5 Å². The number of hydrogen-bond donors (Lipinski definition) is 1. The number of pyridine rings is 1. The van der Waals surface area contributed by atoms with Gasteiger partial charge in [-0.3, -0.25) is 4.98 Å². The van der Waals surface area contributed by atoms with E-state index >= 15 is 0 Å². The molecule has 0 aliphatic rings. The average Bonchev–Trinajstić information content (AvgIpc) is 2.49. The van der Waals surface area contributed by atoms with E-state index in [0.717, 1.165) is 28.0 Å². The predicted molar refractivity (Wildman–Crippen MR) is 81.1 cm³/mol. The first-order valence-electron chi connectivity index (χ1n) is 6.50. The first kappa shape index (κ1) is 15.2. The molecule has 2 aromatic rings. The molecule has 20 heavy (non-hydrogen) atoms. The molecule has 0 amide bonds. The van der Waals surface area contributed by atoms with E-state index in [-0.39, 0.29) is 6.10 Å². The van der Waals surface area contributed by atoms with Crippen LogP contribution < -0.4 is 5.32 Å². The van der Waals surface area contributed by atoms with Gasteiger partial charge >= 0.3 is 0 Å². The Balaban J connectivity index is 2.05. The lowest BCUT2D eigenvalue weighted by Crippen LogP contribution is -2.31. The number of fused-ring (bicyclic) bond motifs is 1. The summed E-state index contributed by atoms with van der Waals surface area (Å²) in [7, 11) is 3.35. The second-order valence-electron chi connectivity index (χ2n) is 4.55. The zero-order valence-corrected chi connectivity index (χ0v) is 12.5. The summed E-state index contributed by atoms with van der Waals surface area (Å²) in [4.78, 5) is 4.42. The van der Waals surface area contributed by atoms with Crippen molar-refractivity contribution in [3.8, 4) is 0 Å². The molecule has 1 aromatic carbocycles. The van der Waals surface area contributed by atoms with Crippen LogP contribution in [0, 0.1) is 0 Å². The van der Waals surface area contributed by atoms with Crippen LogP contribution in [0.25, 0.3) is 10.9 Å². The van der Waals surface area contributed by atoms with Crippen LogP contribution in [0.3, 0.4) is 0 Å². The summed E-state index contributed by atoms with van der Waals surface area (Å²) in [5.74, 6) is 0. The Morgan fingerprint density at radius 3 is 2.90 bits per heavy atom. The van der Waals surface area contributed by atoms with E-state index < -0.39 is 0 Å². The highest BCUT2D eigenvalue weighted by molar-refractivity contribution is 6.35. The maximum absolute atomic E-state index is 6.18. The third-order valence-corrected chi connectivity index (χ3v) is 3.50. The molecule has 1 heterocycles. The van der Waals surface area contributed by atoms with E-state index in [9.17, 15) is 0 Å². The number of hydrogen-bond acceptors (Lipinski definition) is 4. The lowest BCUT2D eigenvalue weighted by molar-refractivity contribution is 0.0288. The van der Waals surface area contributed by atoms with Gasteiger partial charge in [0, 0.05) is 43.9 Å². The molecule has 1 unspecified atom stereocenters. The van der Waals surface area contributed by atoms with Gasteiger partial charge in [0.1, 0.15) is 0 Å². The molecule has 0 bridgehead atoms. The second kappa shape index (κ2) is 7.55. The molecular formula is C15H19ClN2O2. The molecule has 0 radical (unpaired) electrons. The second-order valence-corrected chi connectivity index (χ2v) is 4.96. The molecule has 1 aromatic heterocycles. The Bertz CT molecular complexity index is 563. The highest BCUT2D eigenvalue weighted by Crippen LogP contribution is 2.24. The van der Waals surface area contributed by atoms with E-state index in [1.54, 1.807) is 20.4 Å². The zero-order valence-electron chi connectivity index (χ0n) is 11.7. The molecule has 0 aliphatic carbocycles. The summed E-state index contributed by atoms with van der Waals surface area (Å²) in [5, 5.41) is 5.07. The van der Waals surface area contributed by atoms with E-state index in [2.05, 4.69) is 10.3 Å². The van der Waals surface area contributed by atoms with Crippen LogP contribution in [-0.4, -0.2) is 38.5 Å². The molecule has 1 N–H and O–H groups in total.